The van der Waals surface area contributed by atoms with Gasteiger partial charge in [0.25, 0.3) is 5.95 Å². The van der Waals surface area contributed by atoms with Crippen LogP contribution < -0.4 is 15.8 Å². The maximum Gasteiger partial charge on any atom is 0.255 e. The second kappa shape index (κ2) is 9.22. The first kappa shape index (κ1) is 22.6. The number of nitrogens with zero attached hydrogens (tertiary/aromatic N) is 5. The Balaban J connectivity index is 1.35. The molecule has 1 unspecified atom stereocenters. The highest BCUT2D eigenvalue weighted by molar-refractivity contribution is 5.70. The van der Waals surface area contributed by atoms with Gasteiger partial charge in [-0.25, -0.2) is 23.4 Å². The summed E-state index contributed by atoms with van der Waals surface area (Å²) in [6, 6.07) is 7.00. The van der Waals surface area contributed by atoms with Crippen LogP contribution in [-0.4, -0.2) is 44.1 Å². The number of nitrogen functional groups attached to an aromatic ring is 1. The zero-order chi connectivity index (χ0) is 24.5. The van der Waals surface area contributed by atoms with Gasteiger partial charge in [-0.15, -0.1) is 5.10 Å². The van der Waals surface area contributed by atoms with Crippen molar-refractivity contribution in [1.82, 2.24) is 24.7 Å². The largest absolute Gasteiger partial charge is 0.486 e. The van der Waals surface area contributed by atoms with Gasteiger partial charge in [0.2, 0.25) is 5.95 Å². The Bertz CT molecular complexity index is 1390. The average Bonchev–Trinajstić information content (AvgIpc) is 3.16. The zero-order valence-corrected chi connectivity index (χ0v) is 18.5. The number of halogens is 3. The molecule has 0 radical (unpaired) electrons. The molecule has 9 nitrogen and oxygen atoms in total. The Kier molecular flexibility index (Phi) is 5.95. The molecule has 1 aliphatic heterocycles. The van der Waals surface area contributed by atoms with Crippen molar-refractivity contribution >= 4 is 17.5 Å². The molecule has 1 atom stereocenters. The molecule has 1 fully saturated rings. The number of ether oxygens (including phenoxy) is 2. The molecule has 0 bridgehead atoms. The minimum atomic E-state index is -0.790. The summed E-state index contributed by atoms with van der Waals surface area (Å²) < 4.78 is 55.3. The van der Waals surface area contributed by atoms with E-state index in [0.29, 0.717) is 23.8 Å². The third-order valence-electron chi connectivity index (χ3n) is 5.48. The van der Waals surface area contributed by atoms with Gasteiger partial charge in [-0.2, -0.15) is 9.37 Å². The normalized spacial score (nSPS) is 15.0. The van der Waals surface area contributed by atoms with E-state index in [2.05, 4.69) is 25.4 Å². The minimum absolute atomic E-state index is 0.00759. The monoisotopic (exact) mass is 483 g/mol. The lowest BCUT2D eigenvalue weighted by molar-refractivity contribution is -0.0726. The summed E-state index contributed by atoms with van der Waals surface area (Å²) >= 11 is 0. The molecule has 0 aliphatic carbocycles. The number of nitrogens with two attached hydrogens (primary N) is 1. The molecule has 3 aromatic heterocycles. The fourth-order valence-corrected chi connectivity index (χ4v) is 3.47. The van der Waals surface area contributed by atoms with Crippen LogP contribution in [-0.2, 0) is 11.8 Å². The highest BCUT2D eigenvalue weighted by Crippen LogP contribution is 2.30. The summed E-state index contributed by atoms with van der Waals surface area (Å²) in [5.74, 6) is -1.98. The van der Waals surface area contributed by atoms with Crippen molar-refractivity contribution in [1.29, 1.82) is 0 Å². The molecule has 1 saturated heterocycles. The second-order valence-corrected chi connectivity index (χ2v) is 7.87. The van der Waals surface area contributed by atoms with Crippen LogP contribution in [0.3, 0.4) is 0 Å². The Morgan fingerprint density at radius 2 is 2.00 bits per heavy atom. The third-order valence-corrected chi connectivity index (χ3v) is 5.48. The topological polar surface area (TPSA) is 113 Å². The highest BCUT2D eigenvalue weighted by atomic mass is 19.1. The smallest absolute Gasteiger partial charge is 0.255 e. The standard InChI is InChI=1S/C23H20F3N7O2/c1-33-23(30-13-2-3-15(17(24)9-13)16-4-6-28-21(27)19(16)25)31-22(32-33)12-8-18(20(26)29-10-12)35-11-14-5-7-34-14/h2-4,6,8-10,14H,5,7,11H2,1H3,(H2,27,28)(H,30,31,32). The predicted molar refractivity (Wildman–Crippen MR) is 121 cm³/mol. The number of hydrogen-bond acceptors (Lipinski definition) is 8. The van der Waals surface area contributed by atoms with E-state index in [4.69, 9.17) is 15.2 Å². The Morgan fingerprint density at radius 3 is 2.74 bits per heavy atom. The van der Waals surface area contributed by atoms with Crippen LogP contribution in [0.5, 0.6) is 5.75 Å². The molecule has 4 aromatic rings. The number of rotatable bonds is 7. The lowest BCUT2D eigenvalue weighted by atomic mass is 10.1. The summed E-state index contributed by atoms with van der Waals surface area (Å²) in [7, 11) is 1.64. The van der Waals surface area contributed by atoms with E-state index in [9.17, 15) is 13.2 Å². The third kappa shape index (κ3) is 4.60. The van der Waals surface area contributed by atoms with E-state index >= 15 is 0 Å². The summed E-state index contributed by atoms with van der Waals surface area (Å²) in [5.41, 5.74) is 6.33. The fourth-order valence-electron chi connectivity index (χ4n) is 3.47. The maximum atomic E-state index is 14.8. The number of pyridine rings is 2. The molecule has 180 valence electrons. The Hall–Kier alpha value is -4.19. The molecule has 1 aliphatic rings. The number of anilines is 3. The van der Waals surface area contributed by atoms with Gasteiger partial charge in [0.15, 0.2) is 23.2 Å². The number of aryl methyl sites for hydroxylation is 1. The van der Waals surface area contributed by atoms with E-state index in [0.717, 1.165) is 6.42 Å². The van der Waals surface area contributed by atoms with Gasteiger partial charge < -0.3 is 20.5 Å². The van der Waals surface area contributed by atoms with Crippen molar-refractivity contribution in [3.63, 3.8) is 0 Å². The van der Waals surface area contributed by atoms with E-state index < -0.39 is 17.6 Å². The van der Waals surface area contributed by atoms with Crippen LogP contribution in [0.2, 0.25) is 0 Å². The molecule has 0 spiro atoms. The van der Waals surface area contributed by atoms with Gasteiger partial charge in [-0.3, -0.25) is 0 Å². The fraction of sp³-hybridized carbons (Fsp3) is 0.217. The molecular formula is C23H20F3N7O2. The summed E-state index contributed by atoms with van der Waals surface area (Å²) in [5, 5.41) is 7.28. The van der Waals surface area contributed by atoms with Crippen molar-refractivity contribution in [3.8, 4) is 28.3 Å². The van der Waals surface area contributed by atoms with E-state index in [1.165, 1.54) is 41.3 Å². The molecule has 0 amide bonds. The number of hydrogen-bond donors (Lipinski definition) is 2. The lowest BCUT2D eigenvalue weighted by Crippen LogP contribution is -2.32. The highest BCUT2D eigenvalue weighted by Gasteiger charge is 2.21. The van der Waals surface area contributed by atoms with Crippen molar-refractivity contribution in [2.75, 3.05) is 24.3 Å². The first-order valence-electron chi connectivity index (χ1n) is 10.7. The molecule has 35 heavy (non-hydrogen) atoms. The van der Waals surface area contributed by atoms with Gasteiger partial charge in [0.05, 0.1) is 6.10 Å². The van der Waals surface area contributed by atoms with Crippen LogP contribution >= 0.6 is 0 Å². The van der Waals surface area contributed by atoms with E-state index in [1.807, 2.05) is 0 Å². The Labute approximate surface area is 197 Å². The Morgan fingerprint density at radius 1 is 1.17 bits per heavy atom. The van der Waals surface area contributed by atoms with Gasteiger partial charge >= 0.3 is 0 Å². The first-order chi connectivity index (χ1) is 16.9. The van der Waals surface area contributed by atoms with Gasteiger partial charge in [0.1, 0.15) is 12.4 Å². The molecule has 1 aromatic carbocycles. The van der Waals surface area contributed by atoms with Crippen molar-refractivity contribution in [2.45, 2.75) is 12.5 Å². The van der Waals surface area contributed by atoms with Crippen molar-refractivity contribution in [3.05, 3.63) is 60.3 Å². The lowest BCUT2D eigenvalue weighted by Gasteiger charge is -2.26. The molecule has 3 N–H and O–H groups in total. The maximum absolute atomic E-state index is 14.8. The SMILES string of the molecule is Cn1nc(-c2cnc(F)c(OCC3CCO3)c2)nc1Nc1ccc(-c2ccnc(N)c2F)c(F)c1. The average molecular weight is 483 g/mol. The summed E-state index contributed by atoms with van der Waals surface area (Å²) in [6.07, 6.45) is 3.41. The van der Waals surface area contributed by atoms with Crippen molar-refractivity contribution in [2.24, 2.45) is 7.05 Å². The molecule has 0 saturated carbocycles. The molecular weight excluding hydrogens is 463 g/mol. The number of benzene rings is 1. The van der Waals surface area contributed by atoms with Crippen LogP contribution in [0.1, 0.15) is 6.42 Å². The van der Waals surface area contributed by atoms with Crippen LogP contribution in [0.25, 0.3) is 22.5 Å². The first-order valence-corrected chi connectivity index (χ1v) is 10.7. The van der Waals surface area contributed by atoms with Gasteiger partial charge in [0, 0.05) is 54.8 Å². The number of nitrogens with one attached hydrogen (secondary N) is 1. The predicted octanol–water partition coefficient (Wildman–Crippen LogP) is 3.85. The van der Waals surface area contributed by atoms with Gasteiger partial charge in [-0.05, 0) is 30.3 Å². The molecule has 12 heteroatoms. The number of aromatic nitrogens is 5. The summed E-state index contributed by atoms with van der Waals surface area (Å²) in [4.78, 5) is 11.8. The van der Waals surface area contributed by atoms with Crippen LogP contribution in [0.15, 0.2) is 42.7 Å². The summed E-state index contributed by atoms with van der Waals surface area (Å²) in [6.45, 7) is 0.895. The van der Waals surface area contributed by atoms with Gasteiger partial charge in [-0.1, -0.05) is 0 Å². The molecule has 4 heterocycles. The van der Waals surface area contributed by atoms with E-state index in [-0.39, 0.29) is 41.2 Å². The molecule has 5 rings (SSSR count). The van der Waals surface area contributed by atoms with Crippen LogP contribution in [0.4, 0.5) is 30.6 Å². The second-order valence-electron chi connectivity index (χ2n) is 7.87. The quantitative estimate of drug-likeness (QED) is 0.381. The van der Waals surface area contributed by atoms with Crippen molar-refractivity contribution < 1.29 is 22.6 Å². The van der Waals surface area contributed by atoms with E-state index in [1.54, 1.807) is 13.1 Å². The minimum Gasteiger partial charge on any atom is -0.486 e. The van der Waals surface area contributed by atoms with Crippen LogP contribution in [0, 0.1) is 17.6 Å². The zero-order valence-electron chi connectivity index (χ0n) is 18.5.